The molecule has 0 aliphatic carbocycles. The normalized spacial score (nSPS) is 12.4. The van der Waals surface area contributed by atoms with E-state index in [0.717, 1.165) is 0 Å². The average molecular weight is 294 g/mol. The summed E-state index contributed by atoms with van der Waals surface area (Å²) in [7, 11) is 5.38. The van der Waals surface area contributed by atoms with Gasteiger partial charge in [0.25, 0.3) is 0 Å². The Kier molecular flexibility index (Phi) is 5.87. The maximum atomic E-state index is 11.9. The van der Waals surface area contributed by atoms with Gasteiger partial charge < -0.3 is 15.5 Å². The van der Waals surface area contributed by atoms with E-state index < -0.39 is 0 Å². The minimum Gasteiger partial charge on any atom is -0.357 e. The first kappa shape index (κ1) is 17.1. The molecule has 1 aromatic rings. The number of nitrogens with zero attached hydrogens (tertiary/aromatic N) is 4. The van der Waals surface area contributed by atoms with Crippen LogP contribution in [-0.4, -0.2) is 48.0 Å². The van der Waals surface area contributed by atoms with Gasteiger partial charge in [0.05, 0.1) is 0 Å². The van der Waals surface area contributed by atoms with Crippen molar-refractivity contribution in [2.45, 2.75) is 39.7 Å². The Balaban J connectivity index is 3.13. The average Bonchev–Trinajstić information content (AvgIpc) is 2.43. The summed E-state index contributed by atoms with van der Waals surface area (Å²) >= 11 is 0. The minimum atomic E-state index is -0.382. The summed E-state index contributed by atoms with van der Waals surface area (Å²) in [6.07, 6.45) is 0. The molecule has 1 heterocycles. The van der Waals surface area contributed by atoms with Crippen LogP contribution in [0.1, 0.15) is 39.4 Å². The van der Waals surface area contributed by atoms with Gasteiger partial charge in [-0.2, -0.15) is 15.0 Å². The topological polar surface area (TPSA) is 83.0 Å². The van der Waals surface area contributed by atoms with Crippen LogP contribution in [0.5, 0.6) is 0 Å². The number of anilines is 2. The predicted molar refractivity (Wildman–Crippen MR) is 84.6 cm³/mol. The van der Waals surface area contributed by atoms with Crippen LogP contribution >= 0.6 is 0 Å². The fourth-order valence-electron chi connectivity index (χ4n) is 1.73. The maximum Gasteiger partial charge on any atom is 0.242 e. The Morgan fingerprint density at radius 3 is 2.14 bits per heavy atom. The fraction of sp³-hybridized carbons (Fsp3) is 0.714. The molecule has 1 rings (SSSR count). The zero-order chi connectivity index (χ0) is 16.2. The molecule has 1 atom stereocenters. The van der Waals surface area contributed by atoms with Crippen LogP contribution in [0.2, 0.25) is 0 Å². The van der Waals surface area contributed by atoms with Crippen LogP contribution in [-0.2, 0) is 4.79 Å². The number of aromatic nitrogens is 3. The van der Waals surface area contributed by atoms with Crippen LogP contribution in [0, 0.1) is 5.92 Å². The lowest BCUT2D eigenvalue weighted by atomic mass is 10.0. The molecule has 0 radical (unpaired) electrons. The fourth-order valence-corrected chi connectivity index (χ4v) is 1.73. The highest BCUT2D eigenvalue weighted by Crippen LogP contribution is 2.16. The molecule has 0 saturated heterocycles. The van der Waals surface area contributed by atoms with Gasteiger partial charge in [-0.15, -0.1) is 0 Å². The Morgan fingerprint density at radius 1 is 1.10 bits per heavy atom. The first-order valence-electron chi connectivity index (χ1n) is 7.17. The predicted octanol–water partition coefficient (Wildman–Crippen LogP) is 1.24. The Bertz CT molecular complexity index is 460. The quantitative estimate of drug-likeness (QED) is 0.821. The second-order valence-corrected chi connectivity index (χ2v) is 5.85. The molecule has 21 heavy (non-hydrogen) atoms. The van der Waals surface area contributed by atoms with Crippen molar-refractivity contribution >= 4 is 17.8 Å². The largest absolute Gasteiger partial charge is 0.357 e. The molecule has 0 bridgehead atoms. The zero-order valence-corrected chi connectivity index (χ0v) is 13.9. The van der Waals surface area contributed by atoms with E-state index in [1.807, 2.05) is 46.7 Å². The van der Waals surface area contributed by atoms with E-state index in [1.54, 1.807) is 7.05 Å². The molecule has 1 aromatic heterocycles. The lowest BCUT2D eigenvalue weighted by Gasteiger charge is -2.22. The number of likely N-dealkylation sites (N-methyl/N-ethyl adjacent to an activating group) is 1. The molecule has 0 spiro atoms. The summed E-state index contributed by atoms with van der Waals surface area (Å²) in [6.45, 7) is 8.00. The van der Waals surface area contributed by atoms with E-state index in [0.29, 0.717) is 17.7 Å². The van der Waals surface area contributed by atoms with Crippen molar-refractivity contribution in [1.29, 1.82) is 0 Å². The summed E-state index contributed by atoms with van der Waals surface area (Å²) in [4.78, 5) is 27.0. The van der Waals surface area contributed by atoms with Gasteiger partial charge in [-0.05, 0) is 5.92 Å². The number of carbonyl (C=O) groups excluding carboxylic acids is 1. The van der Waals surface area contributed by atoms with Crippen molar-refractivity contribution in [3.05, 3.63) is 5.82 Å². The van der Waals surface area contributed by atoms with Crippen LogP contribution in [0.25, 0.3) is 0 Å². The number of nitrogens with one attached hydrogen (secondary N) is 2. The second-order valence-electron chi connectivity index (χ2n) is 5.85. The van der Waals surface area contributed by atoms with Gasteiger partial charge >= 0.3 is 0 Å². The van der Waals surface area contributed by atoms with Crippen LogP contribution < -0.4 is 15.5 Å². The summed E-state index contributed by atoms with van der Waals surface area (Å²) in [5, 5.41) is 5.78. The molecule has 2 N–H and O–H groups in total. The highest BCUT2D eigenvalue weighted by atomic mass is 16.2. The third-order valence-electron chi connectivity index (χ3n) is 3.04. The summed E-state index contributed by atoms with van der Waals surface area (Å²) < 4.78 is 0. The molecular weight excluding hydrogens is 268 g/mol. The van der Waals surface area contributed by atoms with Crippen LogP contribution in [0.15, 0.2) is 0 Å². The molecule has 1 unspecified atom stereocenters. The van der Waals surface area contributed by atoms with Crippen LogP contribution in [0.3, 0.4) is 0 Å². The van der Waals surface area contributed by atoms with E-state index in [-0.39, 0.29) is 23.8 Å². The van der Waals surface area contributed by atoms with Crippen molar-refractivity contribution in [2.75, 3.05) is 31.4 Å². The van der Waals surface area contributed by atoms with Gasteiger partial charge in [0.15, 0.2) is 0 Å². The Hall–Kier alpha value is -1.92. The van der Waals surface area contributed by atoms with Crippen LogP contribution in [0.4, 0.5) is 11.9 Å². The summed E-state index contributed by atoms with van der Waals surface area (Å²) in [6, 6.07) is -0.382. The number of hydrogen-bond acceptors (Lipinski definition) is 6. The molecule has 0 saturated carbocycles. The highest BCUT2D eigenvalue weighted by Gasteiger charge is 2.23. The van der Waals surface area contributed by atoms with Crippen molar-refractivity contribution in [1.82, 2.24) is 20.3 Å². The van der Waals surface area contributed by atoms with E-state index in [9.17, 15) is 4.79 Å². The van der Waals surface area contributed by atoms with Gasteiger partial charge in [0.1, 0.15) is 11.9 Å². The number of hydrogen-bond donors (Lipinski definition) is 2. The van der Waals surface area contributed by atoms with E-state index in [1.165, 1.54) is 0 Å². The smallest absolute Gasteiger partial charge is 0.242 e. The molecule has 0 fully saturated rings. The molecular formula is C14H26N6O. The minimum absolute atomic E-state index is 0.0806. The summed E-state index contributed by atoms with van der Waals surface area (Å²) in [5.41, 5.74) is 0. The molecule has 118 valence electrons. The SMILES string of the molecule is CNC(=O)C(Nc1nc(C(C)C)nc(N(C)C)n1)C(C)C. The van der Waals surface area contributed by atoms with E-state index >= 15 is 0 Å². The van der Waals surface area contributed by atoms with Crippen molar-refractivity contribution in [2.24, 2.45) is 5.92 Å². The lowest BCUT2D eigenvalue weighted by Crippen LogP contribution is -2.42. The van der Waals surface area contributed by atoms with E-state index in [2.05, 4.69) is 25.6 Å². The molecule has 7 heteroatoms. The Labute approximate surface area is 126 Å². The molecule has 0 aliphatic rings. The van der Waals surface area contributed by atoms with Crippen molar-refractivity contribution in [3.8, 4) is 0 Å². The third kappa shape index (κ3) is 4.54. The monoisotopic (exact) mass is 294 g/mol. The standard InChI is InChI=1S/C14H26N6O/c1-8(2)10(12(21)15-5)16-13-17-11(9(3)4)18-14(19-13)20(6)7/h8-10H,1-7H3,(H,15,21)(H,16,17,18,19). The third-order valence-corrected chi connectivity index (χ3v) is 3.04. The lowest BCUT2D eigenvalue weighted by molar-refractivity contribution is -0.122. The molecule has 7 nitrogen and oxygen atoms in total. The maximum absolute atomic E-state index is 11.9. The first-order valence-corrected chi connectivity index (χ1v) is 7.17. The number of rotatable bonds is 6. The first-order chi connectivity index (χ1) is 9.76. The molecule has 0 aromatic carbocycles. The van der Waals surface area contributed by atoms with Gasteiger partial charge in [-0.25, -0.2) is 0 Å². The summed E-state index contributed by atoms with van der Waals surface area (Å²) in [5.74, 6) is 1.94. The van der Waals surface area contributed by atoms with Crippen molar-refractivity contribution < 1.29 is 4.79 Å². The van der Waals surface area contributed by atoms with E-state index in [4.69, 9.17) is 0 Å². The molecule has 1 amide bonds. The number of amides is 1. The van der Waals surface area contributed by atoms with Crippen molar-refractivity contribution in [3.63, 3.8) is 0 Å². The Morgan fingerprint density at radius 2 is 1.71 bits per heavy atom. The van der Waals surface area contributed by atoms with Gasteiger partial charge in [-0.3, -0.25) is 4.79 Å². The molecule has 0 aliphatic heterocycles. The zero-order valence-electron chi connectivity index (χ0n) is 13.9. The van der Waals surface area contributed by atoms with Gasteiger partial charge in [0.2, 0.25) is 17.8 Å². The highest BCUT2D eigenvalue weighted by molar-refractivity contribution is 5.84. The van der Waals surface area contributed by atoms with Gasteiger partial charge in [0, 0.05) is 27.1 Å². The second kappa shape index (κ2) is 7.19. The van der Waals surface area contributed by atoms with Gasteiger partial charge in [-0.1, -0.05) is 27.7 Å². The number of carbonyl (C=O) groups is 1.